The zero-order valence-corrected chi connectivity index (χ0v) is 12.1. The van der Waals surface area contributed by atoms with Gasteiger partial charge in [-0.1, -0.05) is 35.3 Å². The first-order valence-corrected chi connectivity index (χ1v) is 6.72. The highest BCUT2D eigenvalue weighted by Crippen LogP contribution is 2.17. The minimum Gasteiger partial charge on any atom is -0.484 e. The Morgan fingerprint density at radius 1 is 1.47 bits per heavy atom. The molecule has 6 heteroatoms. The van der Waals surface area contributed by atoms with Crippen molar-refractivity contribution in [2.24, 2.45) is 0 Å². The predicted molar refractivity (Wildman–Crippen MR) is 74.1 cm³/mol. The molecule has 5 nitrogen and oxygen atoms in total. The van der Waals surface area contributed by atoms with E-state index in [9.17, 15) is 9.59 Å². The molecule has 0 saturated carbocycles. The van der Waals surface area contributed by atoms with Crippen LogP contribution in [0, 0.1) is 0 Å². The first-order chi connectivity index (χ1) is 9.02. The molecule has 1 amide bonds. The number of carboxylic acid groups (broad SMARTS) is 1. The number of aliphatic carboxylic acids is 1. The number of ether oxygens (including phenoxy) is 1. The van der Waals surface area contributed by atoms with Gasteiger partial charge in [-0.3, -0.25) is 4.79 Å². The van der Waals surface area contributed by atoms with Crippen molar-refractivity contribution < 1.29 is 19.4 Å². The smallest absolute Gasteiger partial charge is 0.326 e. The third-order valence-electron chi connectivity index (χ3n) is 2.38. The van der Waals surface area contributed by atoms with E-state index >= 15 is 0 Å². The van der Waals surface area contributed by atoms with E-state index in [4.69, 9.17) is 9.84 Å². The maximum Gasteiger partial charge on any atom is 0.326 e. The Balaban J connectivity index is 2.44. The third-order valence-corrected chi connectivity index (χ3v) is 2.87. The van der Waals surface area contributed by atoms with Crippen LogP contribution >= 0.6 is 15.9 Å². The average molecular weight is 330 g/mol. The number of halogens is 1. The first kappa shape index (κ1) is 15.5. The molecule has 0 radical (unpaired) electrons. The summed E-state index contributed by atoms with van der Waals surface area (Å²) < 4.78 is 6.12. The van der Waals surface area contributed by atoms with Gasteiger partial charge in [0.25, 0.3) is 5.91 Å². The molecule has 0 aliphatic heterocycles. The number of hydrogen-bond acceptors (Lipinski definition) is 3. The van der Waals surface area contributed by atoms with E-state index in [1.54, 1.807) is 18.2 Å². The van der Waals surface area contributed by atoms with Crippen LogP contribution in [0.25, 0.3) is 0 Å². The van der Waals surface area contributed by atoms with Crippen LogP contribution in [-0.2, 0) is 9.59 Å². The second-order valence-electron chi connectivity index (χ2n) is 3.99. The molecular formula is C13H16BrNO4. The zero-order valence-electron chi connectivity index (χ0n) is 10.6. The summed E-state index contributed by atoms with van der Waals surface area (Å²) in [4.78, 5) is 22.5. The van der Waals surface area contributed by atoms with E-state index in [-0.39, 0.29) is 6.61 Å². The van der Waals surface area contributed by atoms with Gasteiger partial charge in [-0.25, -0.2) is 4.79 Å². The zero-order chi connectivity index (χ0) is 14.3. The van der Waals surface area contributed by atoms with E-state index in [1.807, 2.05) is 13.0 Å². The van der Waals surface area contributed by atoms with Crippen molar-refractivity contribution in [3.05, 3.63) is 28.7 Å². The first-order valence-electron chi connectivity index (χ1n) is 5.93. The van der Waals surface area contributed by atoms with Gasteiger partial charge < -0.3 is 15.2 Å². The highest BCUT2D eigenvalue weighted by atomic mass is 79.9. The molecule has 1 rings (SSSR count). The quantitative estimate of drug-likeness (QED) is 0.804. The van der Waals surface area contributed by atoms with Gasteiger partial charge in [0, 0.05) is 4.47 Å². The standard InChI is InChI=1S/C13H16BrNO4/c1-2-4-11(13(17)18)15-12(16)8-19-10-6-3-5-9(14)7-10/h3,5-7,11H,2,4,8H2,1H3,(H,15,16)(H,17,18)/t11-/m0/s1. The van der Waals surface area contributed by atoms with Gasteiger partial charge >= 0.3 is 5.97 Å². The monoisotopic (exact) mass is 329 g/mol. The van der Waals surface area contributed by atoms with Crippen LogP contribution in [0.3, 0.4) is 0 Å². The van der Waals surface area contributed by atoms with Crippen molar-refractivity contribution in [1.29, 1.82) is 0 Å². The lowest BCUT2D eigenvalue weighted by Crippen LogP contribution is -2.42. The Hall–Kier alpha value is -1.56. The molecule has 0 spiro atoms. The molecule has 0 bridgehead atoms. The van der Waals surface area contributed by atoms with Crippen molar-refractivity contribution in [3.63, 3.8) is 0 Å². The summed E-state index contributed by atoms with van der Waals surface area (Å²) in [5, 5.41) is 11.3. The normalized spacial score (nSPS) is 11.7. The Morgan fingerprint density at radius 2 is 2.21 bits per heavy atom. The summed E-state index contributed by atoms with van der Waals surface area (Å²) in [6.07, 6.45) is 1.09. The minimum atomic E-state index is -1.03. The van der Waals surface area contributed by atoms with Crippen LogP contribution in [0.15, 0.2) is 28.7 Å². The molecule has 0 fully saturated rings. The number of carbonyl (C=O) groups is 2. The summed E-state index contributed by atoms with van der Waals surface area (Å²) in [5.41, 5.74) is 0. The molecule has 0 heterocycles. The van der Waals surface area contributed by atoms with Gasteiger partial charge in [-0.2, -0.15) is 0 Å². The third kappa shape index (κ3) is 5.74. The number of hydrogen-bond donors (Lipinski definition) is 2. The lowest BCUT2D eigenvalue weighted by Gasteiger charge is -2.13. The topological polar surface area (TPSA) is 75.6 Å². The van der Waals surface area contributed by atoms with Gasteiger partial charge in [-0.15, -0.1) is 0 Å². The fourth-order valence-electron chi connectivity index (χ4n) is 1.49. The van der Waals surface area contributed by atoms with Gasteiger partial charge in [0.05, 0.1) is 0 Å². The minimum absolute atomic E-state index is 0.204. The summed E-state index contributed by atoms with van der Waals surface area (Å²) >= 11 is 3.29. The SMILES string of the molecule is CCC[C@H](NC(=O)COc1cccc(Br)c1)C(=O)O. The molecule has 2 N–H and O–H groups in total. The molecule has 104 valence electrons. The lowest BCUT2D eigenvalue weighted by molar-refractivity contribution is -0.142. The summed E-state index contributed by atoms with van der Waals surface area (Å²) in [5.74, 6) is -0.926. The van der Waals surface area contributed by atoms with Gasteiger partial charge in [0.1, 0.15) is 11.8 Å². The Morgan fingerprint density at radius 3 is 2.79 bits per heavy atom. The van der Waals surface area contributed by atoms with Crippen LogP contribution in [-0.4, -0.2) is 29.6 Å². The van der Waals surface area contributed by atoms with Gasteiger partial charge in [0.2, 0.25) is 0 Å². The molecule has 0 aliphatic rings. The molecule has 0 aliphatic carbocycles. The maximum absolute atomic E-state index is 11.6. The molecule has 1 aromatic carbocycles. The van der Waals surface area contributed by atoms with Gasteiger partial charge in [0.15, 0.2) is 6.61 Å². The van der Waals surface area contributed by atoms with Crippen molar-refractivity contribution in [2.45, 2.75) is 25.8 Å². The number of nitrogens with one attached hydrogen (secondary N) is 1. The highest BCUT2D eigenvalue weighted by molar-refractivity contribution is 9.10. The van der Waals surface area contributed by atoms with Crippen LogP contribution in [0.2, 0.25) is 0 Å². The fraction of sp³-hybridized carbons (Fsp3) is 0.385. The van der Waals surface area contributed by atoms with Crippen molar-refractivity contribution >= 4 is 27.8 Å². The number of benzene rings is 1. The Labute approximate surface area is 120 Å². The molecule has 1 atom stereocenters. The number of carbonyl (C=O) groups excluding carboxylic acids is 1. The molecular weight excluding hydrogens is 314 g/mol. The Kier molecular flexibility index (Phi) is 6.35. The number of rotatable bonds is 7. The molecule has 19 heavy (non-hydrogen) atoms. The maximum atomic E-state index is 11.6. The summed E-state index contributed by atoms with van der Waals surface area (Å²) in [7, 11) is 0. The largest absolute Gasteiger partial charge is 0.484 e. The van der Waals surface area contributed by atoms with Crippen molar-refractivity contribution in [3.8, 4) is 5.75 Å². The summed E-state index contributed by atoms with van der Waals surface area (Å²) in [6, 6.07) is 6.22. The highest BCUT2D eigenvalue weighted by Gasteiger charge is 2.18. The lowest BCUT2D eigenvalue weighted by atomic mass is 10.2. The van der Waals surface area contributed by atoms with E-state index in [1.165, 1.54) is 0 Å². The van der Waals surface area contributed by atoms with Gasteiger partial charge in [-0.05, 0) is 24.6 Å². The predicted octanol–water partition coefficient (Wildman–Crippen LogP) is 2.20. The summed E-state index contributed by atoms with van der Waals surface area (Å²) in [6.45, 7) is 1.66. The van der Waals surface area contributed by atoms with E-state index in [0.29, 0.717) is 18.6 Å². The molecule has 1 aromatic rings. The van der Waals surface area contributed by atoms with Crippen molar-refractivity contribution in [2.75, 3.05) is 6.61 Å². The molecule has 0 unspecified atom stereocenters. The van der Waals surface area contributed by atoms with Crippen LogP contribution in [0.1, 0.15) is 19.8 Å². The van der Waals surface area contributed by atoms with Crippen LogP contribution in [0.4, 0.5) is 0 Å². The fourth-order valence-corrected chi connectivity index (χ4v) is 1.87. The second-order valence-corrected chi connectivity index (χ2v) is 4.91. The molecule has 0 aromatic heterocycles. The van der Waals surface area contributed by atoms with E-state index in [2.05, 4.69) is 21.2 Å². The van der Waals surface area contributed by atoms with E-state index < -0.39 is 17.9 Å². The number of carboxylic acids is 1. The average Bonchev–Trinajstić information content (AvgIpc) is 2.36. The number of amides is 1. The van der Waals surface area contributed by atoms with E-state index in [0.717, 1.165) is 4.47 Å². The van der Waals surface area contributed by atoms with Crippen LogP contribution < -0.4 is 10.1 Å². The Bertz CT molecular complexity index is 450. The second kappa shape index (κ2) is 7.78. The van der Waals surface area contributed by atoms with Crippen LogP contribution in [0.5, 0.6) is 5.75 Å². The molecule has 0 saturated heterocycles. The van der Waals surface area contributed by atoms with Crippen molar-refractivity contribution in [1.82, 2.24) is 5.32 Å².